The van der Waals surface area contributed by atoms with E-state index in [9.17, 15) is 26.3 Å². The van der Waals surface area contributed by atoms with Crippen LogP contribution in [0.15, 0.2) is 42.7 Å². The van der Waals surface area contributed by atoms with Gasteiger partial charge in [0.25, 0.3) is 0 Å². The van der Waals surface area contributed by atoms with Crippen LogP contribution < -0.4 is 0 Å². The lowest BCUT2D eigenvalue weighted by atomic mass is 10.1. The summed E-state index contributed by atoms with van der Waals surface area (Å²) in [5, 5.41) is 0. The van der Waals surface area contributed by atoms with Crippen LogP contribution in [0.25, 0.3) is 22.5 Å². The standard InChI is InChI=1S/C18H10F6N2/c1-9-2-3-12(13(19)4-9)11-7-25-17(26-8-11)10-5-14(20)16(15(21)6-10)18(22,23)24/h2-8H,1H3. The highest BCUT2D eigenvalue weighted by Crippen LogP contribution is 2.35. The molecule has 0 N–H and O–H groups in total. The lowest BCUT2D eigenvalue weighted by molar-refractivity contribution is -0.142. The van der Waals surface area contributed by atoms with E-state index in [-0.39, 0.29) is 17.0 Å². The van der Waals surface area contributed by atoms with Crippen LogP contribution in [0.2, 0.25) is 0 Å². The van der Waals surface area contributed by atoms with E-state index >= 15 is 0 Å². The van der Waals surface area contributed by atoms with Crippen LogP contribution in [0.1, 0.15) is 11.1 Å². The van der Waals surface area contributed by atoms with Gasteiger partial charge in [0.1, 0.15) is 23.0 Å². The highest BCUT2D eigenvalue weighted by atomic mass is 19.4. The molecule has 0 saturated carbocycles. The van der Waals surface area contributed by atoms with Gasteiger partial charge in [-0.2, -0.15) is 13.2 Å². The quantitative estimate of drug-likeness (QED) is 0.554. The summed E-state index contributed by atoms with van der Waals surface area (Å²) in [6, 6.07) is 5.55. The van der Waals surface area contributed by atoms with Crippen LogP contribution >= 0.6 is 0 Å². The molecule has 0 aliphatic rings. The number of hydrogen-bond donors (Lipinski definition) is 0. The molecular formula is C18H10F6N2. The number of nitrogens with zero attached hydrogens (tertiary/aromatic N) is 2. The van der Waals surface area contributed by atoms with Gasteiger partial charge < -0.3 is 0 Å². The number of halogens is 6. The van der Waals surface area contributed by atoms with Crippen molar-refractivity contribution in [3.63, 3.8) is 0 Å². The topological polar surface area (TPSA) is 25.8 Å². The van der Waals surface area contributed by atoms with Gasteiger partial charge in [-0.3, -0.25) is 0 Å². The van der Waals surface area contributed by atoms with Gasteiger partial charge in [-0.1, -0.05) is 12.1 Å². The Bertz CT molecular complexity index is 941. The molecule has 0 bridgehead atoms. The van der Waals surface area contributed by atoms with Gasteiger partial charge in [0.2, 0.25) is 0 Å². The largest absolute Gasteiger partial charge is 0.422 e. The number of benzene rings is 2. The van der Waals surface area contributed by atoms with Crippen molar-refractivity contribution < 1.29 is 26.3 Å². The lowest BCUT2D eigenvalue weighted by Gasteiger charge is -2.11. The maximum absolute atomic E-state index is 14.0. The molecule has 0 saturated heterocycles. The summed E-state index contributed by atoms with van der Waals surface area (Å²) in [5.74, 6) is -4.20. The lowest BCUT2D eigenvalue weighted by Crippen LogP contribution is -2.11. The van der Waals surface area contributed by atoms with Crippen molar-refractivity contribution >= 4 is 0 Å². The molecule has 0 radical (unpaired) electrons. The summed E-state index contributed by atoms with van der Waals surface area (Å²) in [6.45, 7) is 1.72. The number of rotatable bonds is 2. The zero-order chi connectivity index (χ0) is 19.1. The third kappa shape index (κ3) is 3.40. The van der Waals surface area contributed by atoms with Crippen LogP contribution in [0, 0.1) is 24.4 Å². The van der Waals surface area contributed by atoms with Gasteiger partial charge in [-0.15, -0.1) is 0 Å². The second-order valence-corrected chi connectivity index (χ2v) is 5.59. The molecule has 0 fully saturated rings. The van der Waals surface area contributed by atoms with Crippen molar-refractivity contribution in [2.45, 2.75) is 13.1 Å². The van der Waals surface area contributed by atoms with Gasteiger partial charge in [0.15, 0.2) is 5.82 Å². The van der Waals surface area contributed by atoms with Crippen LogP contribution in [0.5, 0.6) is 0 Å². The van der Waals surface area contributed by atoms with Crippen LogP contribution in [0.3, 0.4) is 0 Å². The smallest absolute Gasteiger partial charge is 0.236 e. The molecule has 8 heteroatoms. The molecule has 3 aromatic rings. The molecule has 0 aliphatic carbocycles. The first-order chi connectivity index (χ1) is 12.2. The Morgan fingerprint density at radius 1 is 0.769 bits per heavy atom. The molecule has 134 valence electrons. The molecule has 1 aromatic heterocycles. The molecular weight excluding hydrogens is 358 g/mol. The van der Waals surface area contributed by atoms with Crippen LogP contribution in [-0.2, 0) is 6.18 Å². The zero-order valence-electron chi connectivity index (χ0n) is 13.2. The monoisotopic (exact) mass is 368 g/mol. The Morgan fingerprint density at radius 3 is 1.85 bits per heavy atom. The Kier molecular flexibility index (Phi) is 4.43. The Labute approximate surface area is 144 Å². The van der Waals surface area contributed by atoms with Crippen LogP contribution in [-0.4, -0.2) is 9.97 Å². The number of alkyl halides is 3. The molecule has 0 atom stereocenters. The zero-order valence-corrected chi connectivity index (χ0v) is 13.2. The molecule has 2 aromatic carbocycles. The molecule has 1 heterocycles. The third-order valence-corrected chi connectivity index (χ3v) is 3.67. The van der Waals surface area contributed by atoms with Crippen molar-refractivity contribution in [1.82, 2.24) is 9.97 Å². The van der Waals surface area contributed by atoms with E-state index in [2.05, 4.69) is 9.97 Å². The van der Waals surface area contributed by atoms with E-state index in [4.69, 9.17) is 0 Å². The van der Waals surface area contributed by atoms with E-state index < -0.39 is 29.2 Å². The maximum atomic E-state index is 14.0. The summed E-state index contributed by atoms with van der Waals surface area (Å²) in [7, 11) is 0. The summed E-state index contributed by atoms with van der Waals surface area (Å²) in [4.78, 5) is 7.74. The minimum absolute atomic E-state index is 0.187. The summed E-state index contributed by atoms with van der Waals surface area (Å²) < 4.78 is 79.1. The fraction of sp³-hybridized carbons (Fsp3) is 0.111. The molecule has 2 nitrogen and oxygen atoms in total. The average Bonchev–Trinajstić information content (AvgIpc) is 2.53. The van der Waals surface area contributed by atoms with Crippen molar-refractivity contribution in [1.29, 1.82) is 0 Å². The Hall–Kier alpha value is -2.90. The number of hydrogen-bond acceptors (Lipinski definition) is 2. The molecule has 26 heavy (non-hydrogen) atoms. The van der Waals surface area contributed by atoms with Gasteiger partial charge in [0, 0.05) is 29.1 Å². The minimum atomic E-state index is -5.15. The second kappa shape index (κ2) is 6.44. The minimum Gasteiger partial charge on any atom is -0.236 e. The SMILES string of the molecule is Cc1ccc(-c2cnc(-c3cc(F)c(C(F)(F)F)c(F)c3)nc2)c(F)c1. The highest BCUT2D eigenvalue weighted by molar-refractivity contribution is 5.65. The Morgan fingerprint density at radius 2 is 1.35 bits per heavy atom. The van der Waals surface area contributed by atoms with E-state index in [0.717, 1.165) is 5.56 Å². The van der Waals surface area contributed by atoms with Gasteiger partial charge >= 0.3 is 6.18 Å². The number of aryl methyl sites for hydroxylation is 1. The fourth-order valence-electron chi connectivity index (χ4n) is 2.44. The van der Waals surface area contributed by atoms with E-state index in [1.807, 2.05) is 0 Å². The van der Waals surface area contributed by atoms with E-state index in [1.165, 1.54) is 24.5 Å². The molecule has 0 unspecified atom stereocenters. The second-order valence-electron chi connectivity index (χ2n) is 5.59. The predicted molar refractivity (Wildman–Crippen MR) is 82.5 cm³/mol. The summed E-state index contributed by atoms with van der Waals surface area (Å²) >= 11 is 0. The molecule has 0 amide bonds. The molecule has 0 spiro atoms. The van der Waals surface area contributed by atoms with Gasteiger partial charge in [0.05, 0.1) is 0 Å². The third-order valence-electron chi connectivity index (χ3n) is 3.67. The number of aromatic nitrogens is 2. The first-order valence-electron chi connectivity index (χ1n) is 7.32. The highest BCUT2D eigenvalue weighted by Gasteiger charge is 2.38. The van der Waals surface area contributed by atoms with E-state index in [1.54, 1.807) is 13.0 Å². The fourth-order valence-corrected chi connectivity index (χ4v) is 2.44. The van der Waals surface area contributed by atoms with Crippen molar-refractivity contribution in [3.05, 3.63) is 71.3 Å². The average molecular weight is 368 g/mol. The maximum Gasteiger partial charge on any atom is 0.422 e. The van der Waals surface area contributed by atoms with E-state index in [0.29, 0.717) is 17.7 Å². The predicted octanol–water partition coefficient (Wildman–Crippen LogP) is 5.56. The molecule has 3 rings (SSSR count). The molecule has 0 aliphatic heterocycles. The van der Waals surface area contributed by atoms with Crippen molar-refractivity contribution in [2.75, 3.05) is 0 Å². The van der Waals surface area contributed by atoms with Crippen molar-refractivity contribution in [3.8, 4) is 22.5 Å². The summed E-state index contributed by atoms with van der Waals surface area (Å²) in [5.41, 5.74) is -0.964. The van der Waals surface area contributed by atoms with Crippen LogP contribution in [0.4, 0.5) is 26.3 Å². The van der Waals surface area contributed by atoms with Crippen molar-refractivity contribution in [2.24, 2.45) is 0 Å². The first kappa shape index (κ1) is 17.9. The Balaban J connectivity index is 1.99. The summed E-state index contributed by atoms with van der Waals surface area (Å²) in [6.07, 6.45) is -2.70. The normalized spacial score (nSPS) is 11.7. The van der Waals surface area contributed by atoms with Gasteiger partial charge in [-0.05, 0) is 30.7 Å². The van der Waals surface area contributed by atoms with Gasteiger partial charge in [-0.25, -0.2) is 23.1 Å². The first-order valence-corrected chi connectivity index (χ1v) is 7.32.